The van der Waals surface area contributed by atoms with E-state index < -0.39 is 0 Å². The van der Waals surface area contributed by atoms with Gasteiger partial charge in [0.25, 0.3) is 5.91 Å². The molecule has 0 aromatic heterocycles. The van der Waals surface area contributed by atoms with E-state index in [0.717, 1.165) is 17.0 Å². The Labute approximate surface area is 196 Å². The van der Waals surface area contributed by atoms with Gasteiger partial charge in [-0.05, 0) is 60.2 Å². The molecule has 7 heteroatoms. The average molecular weight is 459 g/mol. The zero-order valence-electron chi connectivity index (χ0n) is 18.2. The number of para-hydroxylation sites is 1. The molecule has 1 aliphatic rings. The normalized spacial score (nSPS) is 14.4. The van der Waals surface area contributed by atoms with Gasteiger partial charge < -0.3 is 9.47 Å². The molecule has 1 aliphatic heterocycles. The average Bonchev–Trinajstić information content (AvgIpc) is 3.18. The summed E-state index contributed by atoms with van der Waals surface area (Å²) >= 11 is 1.24. The first-order valence-corrected chi connectivity index (χ1v) is 11.2. The van der Waals surface area contributed by atoms with E-state index in [1.807, 2.05) is 54.6 Å². The SMILES string of the molecule is COc1ccc(/C=C2\C(=O)N=C(SCC(=O)c3ccc(OC)cc3)N2c2ccccc2)cc1. The van der Waals surface area contributed by atoms with Gasteiger partial charge in [0.15, 0.2) is 11.0 Å². The quantitative estimate of drug-likeness (QED) is 0.364. The number of aliphatic imine (C=N–C) groups is 1. The van der Waals surface area contributed by atoms with Crippen LogP contribution in [0.25, 0.3) is 6.08 Å². The fourth-order valence-corrected chi connectivity index (χ4v) is 4.20. The summed E-state index contributed by atoms with van der Waals surface area (Å²) in [5, 5.41) is 0.466. The number of carbonyl (C=O) groups is 2. The highest BCUT2D eigenvalue weighted by Gasteiger charge is 2.31. The number of amidine groups is 1. The van der Waals surface area contributed by atoms with Crippen LogP contribution in [0.1, 0.15) is 15.9 Å². The standard InChI is InChI=1S/C26H22N2O4S/c1-31-21-12-8-18(9-13-21)16-23-25(30)27-26(28(23)20-6-4-3-5-7-20)33-17-24(29)19-10-14-22(32-2)15-11-19/h3-16H,17H2,1-2H3/b23-16+. The van der Waals surface area contributed by atoms with Crippen molar-refractivity contribution in [1.29, 1.82) is 0 Å². The first-order valence-electron chi connectivity index (χ1n) is 10.2. The van der Waals surface area contributed by atoms with Gasteiger partial charge in [-0.25, -0.2) is 0 Å². The second-order valence-corrected chi connectivity index (χ2v) is 8.06. The second-order valence-electron chi connectivity index (χ2n) is 7.11. The number of anilines is 1. The number of ether oxygens (including phenoxy) is 2. The van der Waals surface area contributed by atoms with Gasteiger partial charge in [0.2, 0.25) is 0 Å². The first kappa shape index (κ1) is 22.4. The Hall–Kier alpha value is -3.84. The summed E-state index contributed by atoms with van der Waals surface area (Å²) in [6.07, 6.45) is 1.79. The van der Waals surface area contributed by atoms with Crippen LogP contribution in [-0.4, -0.2) is 36.8 Å². The lowest BCUT2D eigenvalue weighted by Crippen LogP contribution is -2.25. The van der Waals surface area contributed by atoms with Crippen molar-refractivity contribution in [3.05, 3.63) is 95.7 Å². The molecule has 6 nitrogen and oxygen atoms in total. The maximum Gasteiger partial charge on any atom is 0.296 e. The number of hydrogen-bond donors (Lipinski definition) is 0. The Morgan fingerprint density at radius 2 is 1.52 bits per heavy atom. The number of amides is 1. The third-order valence-corrected chi connectivity index (χ3v) is 5.97. The van der Waals surface area contributed by atoms with Gasteiger partial charge in [0, 0.05) is 11.3 Å². The van der Waals surface area contributed by atoms with Crippen molar-refractivity contribution < 1.29 is 19.1 Å². The molecule has 3 aromatic carbocycles. The number of hydrogen-bond acceptors (Lipinski definition) is 6. The number of nitrogens with zero attached hydrogens (tertiary/aromatic N) is 2. The molecule has 1 amide bonds. The minimum atomic E-state index is -0.353. The molecule has 0 atom stereocenters. The maximum absolute atomic E-state index is 12.8. The van der Waals surface area contributed by atoms with E-state index in [4.69, 9.17) is 9.47 Å². The summed E-state index contributed by atoms with van der Waals surface area (Å²) in [4.78, 5) is 31.6. The highest BCUT2D eigenvalue weighted by molar-refractivity contribution is 8.14. The molecule has 4 rings (SSSR count). The van der Waals surface area contributed by atoms with Crippen molar-refractivity contribution in [2.45, 2.75) is 0 Å². The van der Waals surface area contributed by atoms with Crippen LogP contribution in [0.15, 0.2) is 89.6 Å². The van der Waals surface area contributed by atoms with E-state index in [1.54, 1.807) is 49.5 Å². The van der Waals surface area contributed by atoms with Crippen LogP contribution in [0.3, 0.4) is 0 Å². The molecule has 0 saturated heterocycles. The van der Waals surface area contributed by atoms with Crippen molar-refractivity contribution in [3.8, 4) is 11.5 Å². The molecule has 0 saturated carbocycles. The van der Waals surface area contributed by atoms with Crippen LogP contribution >= 0.6 is 11.8 Å². The topological polar surface area (TPSA) is 68.2 Å². The van der Waals surface area contributed by atoms with Gasteiger partial charge in [-0.3, -0.25) is 14.5 Å². The Morgan fingerprint density at radius 1 is 0.909 bits per heavy atom. The zero-order chi connectivity index (χ0) is 23.2. The van der Waals surface area contributed by atoms with Crippen LogP contribution in [0.4, 0.5) is 5.69 Å². The first-order chi connectivity index (χ1) is 16.1. The van der Waals surface area contributed by atoms with Crippen LogP contribution in [-0.2, 0) is 4.79 Å². The summed E-state index contributed by atoms with van der Waals surface area (Å²) in [6.45, 7) is 0. The minimum Gasteiger partial charge on any atom is -0.497 e. The van der Waals surface area contributed by atoms with E-state index in [9.17, 15) is 9.59 Å². The lowest BCUT2D eigenvalue weighted by Gasteiger charge is -2.21. The molecule has 0 unspecified atom stereocenters. The van der Waals surface area contributed by atoms with Crippen LogP contribution in [0.5, 0.6) is 11.5 Å². The molecule has 0 N–H and O–H groups in total. The Kier molecular flexibility index (Phi) is 6.90. The lowest BCUT2D eigenvalue weighted by atomic mass is 10.1. The third kappa shape index (κ3) is 5.15. The fourth-order valence-electron chi connectivity index (χ4n) is 3.29. The summed E-state index contributed by atoms with van der Waals surface area (Å²) in [6, 6.07) is 23.9. The number of thioether (sulfide) groups is 1. The van der Waals surface area contributed by atoms with Crippen LogP contribution < -0.4 is 14.4 Å². The van der Waals surface area contributed by atoms with Crippen molar-refractivity contribution in [3.63, 3.8) is 0 Å². The number of Topliss-reactive ketones (excluding diaryl/α,β-unsaturated/α-hetero) is 1. The van der Waals surface area contributed by atoms with Crippen molar-refractivity contribution in [1.82, 2.24) is 0 Å². The molecule has 33 heavy (non-hydrogen) atoms. The number of rotatable bonds is 7. The van der Waals surface area contributed by atoms with Gasteiger partial charge in [0.05, 0.1) is 20.0 Å². The van der Waals surface area contributed by atoms with Gasteiger partial charge in [-0.1, -0.05) is 42.1 Å². The molecule has 0 radical (unpaired) electrons. The Bertz CT molecular complexity index is 1200. The maximum atomic E-state index is 12.8. The molecule has 3 aromatic rings. The molecule has 0 aliphatic carbocycles. The summed E-state index contributed by atoms with van der Waals surface area (Å²) < 4.78 is 10.4. The smallest absolute Gasteiger partial charge is 0.296 e. The van der Waals surface area contributed by atoms with Crippen LogP contribution in [0.2, 0.25) is 0 Å². The number of methoxy groups -OCH3 is 2. The van der Waals surface area contributed by atoms with E-state index >= 15 is 0 Å². The lowest BCUT2D eigenvalue weighted by molar-refractivity contribution is -0.113. The van der Waals surface area contributed by atoms with Gasteiger partial charge in [0.1, 0.15) is 17.2 Å². The number of benzene rings is 3. The Balaban J connectivity index is 1.58. The van der Waals surface area contributed by atoms with E-state index in [-0.39, 0.29) is 17.4 Å². The van der Waals surface area contributed by atoms with Crippen LogP contribution in [0, 0.1) is 0 Å². The van der Waals surface area contributed by atoms with Crippen molar-refractivity contribution in [2.24, 2.45) is 4.99 Å². The zero-order valence-corrected chi connectivity index (χ0v) is 19.0. The highest BCUT2D eigenvalue weighted by Crippen LogP contribution is 2.31. The minimum absolute atomic E-state index is 0.0570. The van der Waals surface area contributed by atoms with E-state index in [1.165, 1.54) is 11.8 Å². The monoisotopic (exact) mass is 458 g/mol. The van der Waals surface area contributed by atoms with E-state index in [2.05, 4.69) is 4.99 Å². The molecular formula is C26H22N2O4S. The van der Waals surface area contributed by atoms with Crippen molar-refractivity contribution in [2.75, 3.05) is 24.9 Å². The number of carbonyl (C=O) groups excluding carboxylic acids is 2. The molecule has 0 bridgehead atoms. The number of ketones is 1. The van der Waals surface area contributed by atoms with E-state index in [0.29, 0.717) is 22.2 Å². The molecule has 0 fully saturated rings. The molecule has 0 spiro atoms. The van der Waals surface area contributed by atoms with Gasteiger partial charge in [-0.2, -0.15) is 4.99 Å². The summed E-state index contributed by atoms with van der Waals surface area (Å²) in [7, 11) is 3.19. The predicted octanol–water partition coefficient (Wildman–Crippen LogP) is 5.06. The fraction of sp³-hybridized carbons (Fsp3) is 0.115. The molecule has 1 heterocycles. The molecule has 166 valence electrons. The molecular weight excluding hydrogens is 436 g/mol. The third-order valence-electron chi connectivity index (χ3n) is 5.03. The largest absolute Gasteiger partial charge is 0.497 e. The van der Waals surface area contributed by atoms with Gasteiger partial charge >= 0.3 is 0 Å². The summed E-state index contributed by atoms with van der Waals surface area (Å²) in [5.41, 5.74) is 2.64. The van der Waals surface area contributed by atoms with Gasteiger partial charge in [-0.15, -0.1) is 0 Å². The van der Waals surface area contributed by atoms with Crippen molar-refractivity contribution >= 4 is 40.4 Å². The Morgan fingerprint density at radius 3 is 2.12 bits per heavy atom. The second kappa shape index (κ2) is 10.2. The summed E-state index contributed by atoms with van der Waals surface area (Å²) in [5.74, 6) is 1.16. The predicted molar refractivity (Wildman–Crippen MR) is 132 cm³/mol. The highest BCUT2D eigenvalue weighted by atomic mass is 32.2.